The van der Waals surface area contributed by atoms with E-state index in [1.165, 1.54) is 31.0 Å². The molecule has 0 fully saturated rings. The summed E-state index contributed by atoms with van der Waals surface area (Å²) in [5.74, 6) is -1.78. The standard InChI is InChI=1S/C10H17N3O4S/c1-4-13-7-9(5-11-13)18(16,17)12(3)6-8(2)10(14)15/h5,7-8H,4,6H2,1-3H3,(H,14,15). The zero-order valence-corrected chi connectivity index (χ0v) is 11.4. The second-order valence-corrected chi connectivity index (χ2v) is 6.10. The summed E-state index contributed by atoms with van der Waals surface area (Å²) in [4.78, 5) is 10.8. The summed E-state index contributed by atoms with van der Waals surface area (Å²) in [7, 11) is -2.31. The number of hydrogen-bond acceptors (Lipinski definition) is 4. The average molecular weight is 275 g/mol. The molecule has 1 rings (SSSR count). The summed E-state index contributed by atoms with van der Waals surface area (Å²) in [6.07, 6.45) is 2.69. The highest BCUT2D eigenvalue weighted by Crippen LogP contribution is 2.14. The van der Waals surface area contributed by atoms with Crippen LogP contribution in [0.1, 0.15) is 13.8 Å². The number of carboxylic acids is 1. The van der Waals surface area contributed by atoms with E-state index in [-0.39, 0.29) is 11.4 Å². The molecule has 1 heterocycles. The molecule has 1 atom stereocenters. The third kappa shape index (κ3) is 3.08. The van der Waals surface area contributed by atoms with Gasteiger partial charge in [-0.05, 0) is 6.92 Å². The van der Waals surface area contributed by atoms with Crippen LogP contribution in [0.25, 0.3) is 0 Å². The summed E-state index contributed by atoms with van der Waals surface area (Å²) in [6, 6.07) is 0. The normalized spacial score (nSPS) is 13.8. The first-order chi connectivity index (χ1) is 8.28. The molecule has 0 aromatic carbocycles. The Labute approximate surface area is 106 Å². The van der Waals surface area contributed by atoms with Crippen LogP contribution < -0.4 is 0 Å². The second kappa shape index (κ2) is 5.49. The molecule has 1 aromatic rings. The molecule has 8 heteroatoms. The SMILES string of the molecule is CCn1cc(S(=O)(=O)N(C)CC(C)C(=O)O)cn1. The maximum absolute atomic E-state index is 12.1. The predicted molar refractivity (Wildman–Crippen MR) is 64.5 cm³/mol. The van der Waals surface area contributed by atoms with Crippen molar-refractivity contribution in [3.8, 4) is 0 Å². The lowest BCUT2D eigenvalue weighted by atomic mass is 10.2. The molecule has 7 nitrogen and oxygen atoms in total. The molecule has 1 aromatic heterocycles. The van der Waals surface area contributed by atoms with Crippen molar-refractivity contribution in [2.75, 3.05) is 13.6 Å². The fraction of sp³-hybridized carbons (Fsp3) is 0.600. The molecule has 1 N–H and O–H groups in total. The van der Waals surface area contributed by atoms with Crippen molar-refractivity contribution in [3.05, 3.63) is 12.4 Å². The van der Waals surface area contributed by atoms with E-state index in [9.17, 15) is 13.2 Å². The third-order valence-corrected chi connectivity index (χ3v) is 4.37. The first kappa shape index (κ1) is 14.7. The number of carboxylic acid groups (broad SMARTS) is 1. The zero-order chi connectivity index (χ0) is 13.9. The Morgan fingerprint density at radius 2 is 2.22 bits per heavy atom. The number of carbonyl (C=O) groups is 1. The molecule has 0 radical (unpaired) electrons. The number of sulfonamides is 1. The molecular weight excluding hydrogens is 258 g/mol. The van der Waals surface area contributed by atoms with Gasteiger partial charge in [0.25, 0.3) is 0 Å². The number of hydrogen-bond donors (Lipinski definition) is 1. The van der Waals surface area contributed by atoms with E-state index in [0.717, 1.165) is 4.31 Å². The van der Waals surface area contributed by atoms with Crippen molar-refractivity contribution >= 4 is 16.0 Å². The van der Waals surface area contributed by atoms with Gasteiger partial charge in [0.05, 0.1) is 12.1 Å². The van der Waals surface area contributed by atoms with Crippen molar-refractivity contribution in [2.24, 2.45) is 5.92 Å². The van der Waals surface area contributed by atoms with Crippen molar-refractivity contribution in [1.82, 2.24) is 14.1 Å². The lowest BCUT2D eigenvalue weighted by molar-refractivity contribution is -0.141. The van der Waals surface area contributed by atoms with E-state index >= 15 is 0 Å². The maximum Gasteiger partial charge on any atom is 0.307 e. The van der Waals surface area contributed by atoms with Crippen molar-refractivity contribution in [3.63, 3.8) is 0 Å². The summed E-state index contributed by atoms with van der Waals surface area (Å²) in [5.41, 5.74) is 0. The van der Waals surface area contributed by atoms with Crippen LogP contribution in [0.15, 0.2) is 17.3 Å². The largest absolute Gasteiger partial charge is 0.481 e. The van der Waals surface area contributed by atoms with Crippen LogP contribution in [0, 0.1) is 5.92 Å². The Kier molecular flexibility index (Phi) is 4.47. The van der Waals surface area contributed by atoms with Gasteiger partial charge in [-0.25, -0.2) is 8.42 Å². The Morgan fingerprint density at radius 1 is 1.61 bits per heavy atom. The summed E-state index contributed by atoms with van der Waals surface area (Å²) in [5, 5.41) is 12.7. The molecular formula is C10H17N3O4S. The molecule has 0 aliphatic rings. The monoisotopic (exact) mass is 275 g/mol. The lowest BCUT2D eigenvalue weighted by Gasteiger charge is -2.18. The van der Waals surface area contributed by atoms with Crippen LogP contribution in [0.2, 0.25) is 0 Å². The quantitative estimate of drug-likeness (QED) is 0.803. The van der Waals surface area contributed by atoms with Crippen LogP contribution in [0.4, 0.5) is 0 Å². The highest BCUT2D eigenvalue weighted by atomic mass is 32.2. The van der Waals surface area contributed by atoms with E-state index in [1.807, 2.05) is 6.92 Å². The Bertz CT molecular complexity index is 523. The lowest BCUT2D eigenvalue weighted by Crippen LogP contribution is -2.33. The maximum atomic E-state index is 12.1. The molecule has 0 aliphatic heterocycles. The molecule has 0 saturated heterocycles. The van der Waals surface area contributed by atoms with E-state index in [2.05, 4.69) is 5.10 Å². The minimum absolute atomic E-state index is 0.0736. The van der Waals surface area contributed by atoms with Gasteiger partial charge in [0.15, 0.2) is 0 Å². The van der Waals surface area contributed by atoms with E-state index in [4.69, 9.17) is 5.11 Å². The van der Waals surface area contributed by atoms with Crippen LogP contribution in [0.5, 0.6) is 0 Å². The van der Waals surface area contributed by atoms with Crippen LogP contribution in [-0.2, 0) is 21.4 Å². The van der Waals surface area contributed by atoms with Crippen molar-refractivity contribution < 1.29 is 18.3 Å². The molecule has 102 valence electrons. The van der Waals surface area contributed by atoms with E-state index < -0.39 is 21.9 Å². The second-order valence-electron chi connectivity index (χ2n) is 4.06. The van der Waals surface area contributed by atoms with Gasteiger partial charge in [-0.1, -0.05) is 6.92 Å². The zero-order valence-electron chi connectivity index (χ0n) is 10.6. The predicted octanol–water partition coefficient (Wildman–Crippen LogP) is 0.244. The summed E-state index contributed by atoms with van der Waals surface area (Å²) in [6.45, 7) is 3.81. The van der Waals surface area contributed by atoms with Gasteiger partial charge in [0.2, 0.25) is 10.0 Å². The number of aryl methyl sites for hydroxylation is 1. The van der Waals surface area contributed by atoms with Gasteiger partial charge in [-0.3, -0.25) is 9.48 Å². The fourth-order valence-corrected chi connectivity index (χ4v) is 2.61. The Balaban J connectivity index is 2.89. The minimum atomic E-state index is -3.67. The van der Waals surface area contributed by atoms with Gasteiger partial charge < -0.3 is 5.11 Å². The first-order valence-corrected chi connectivity index (χ1v) is 6.94. The molecule has 18 heavy (non-hydrogen) atoms. The number of aliphatic carboxylic acids is 1. The van der Waals surface area contributed by atoms with Crippen LogP contribution in [0.3, 0.4) is 0 Å². The van der Waals surface area contributed by atoms with Crippen molar-refractivity contribution in [1.29, 1.82) is 0 Å². The number of rotatable bonds is 6. The molecule has 1 unspecified atom stereocenters. The average Bonchev–Trinajstić information content (AvgIpc) is 2.77. The smallest absolute Gasteiger partial charge is 0.307 e. The molecule has 0 amide bonds. The van der Waals surface area contributed by atoms with Crippen LogP contribution in [-0.4, -0.2) is 47.2 Å². The molecule has 0 bridgehead atoms. The molecule has 0 saturated carbocycles. The first-order valence-electron chi connectivity index (χ1n) is 5.50. The Morgan fingerprint density at radius 3 is 2.67 bits per heavy atom. The van der Waals surface area contributed by atoms with Gasteiger partial charge in [-0.2, -0.15) is 9.40 Å². The third-order valence-electron chi connectivity index (χ3n) is 2.59. The number of nitrogens with zero attached hydrogens (tertiary/aromatic N) is 3. The topological polar surface area (TPSA) is 92.5 Å². The highest BCUT2D eigenvalue weighted by Gasteiger charge is 2.25. The highest BCUT2D eigenvalue weighted by molar-refractivity contribution is 7.89. The van der Waals surface area contributed by atoms with E-state index in [1.54, 1.807) is 0 Å². The van der Waals surface area contributed by atoms with Crippen molar-refractivity contribution in [2.45, 2.75) is 25.3 Å². The minimum Gasteiger partial charge on any atom is -0.481 e. The summed E-state index contributed by atoms with van der Waals surface area (Å²) < 4.78 is 26.7. The van der Waals surface area contributed by atoms with Gasteiger partial charge >= 0.3 is 5.97 Å². The van der Waals surface area contributed by atoms with Gasteiger partial charge in [-0.15, -0.1) is 0 Å². The Hall–Kier alpha value is -1.41. The molecule has 0 aliphatic carbocycles. The number of aromatic nitrogens is 2. The van der Waals surface area contributed by atoms with Crippen LogP contribution >= 0.6 is 0 Å². The van der Waals surface area contributed by atoms with E-state index in [0.29, 0.717) is 6.54 Å². The van der Waals surface area contributed by atoms with Gasteiger partial charge in [0, 0.05) is 26.3 Å². The fourth-order valence-electron chi connectivity index (χ4n) is 1.39. The summed E-state index contributed by atoms with van der Waals surface area (Å²) >= 11 is 0. The van der Waals surface area contributed by atoms with Gasteiger partial charge in [0.1, 0.15) is 4.90 Å². The molecule has 0 spiro atoms.